The minimum Gasteiger partial charge on any atom is -0.469 e. The monoisotopic (exact) mass is 333 g/mol. The van der Waals surface area contributed by atoms with E-state index in [9.17, 15) is 18.8 Å². The van der Waals surface area contributed by atoms with Gasteiger partial charge in [-0.05, 0) is 23.8 Å². The van der Waals surface area contributed by atoms with Crippen LogP contribution in [-0.2, 0) is 16.6 Å². The van der Waals surface area contributed by atoms with E-state index in [1.807, 2.05) is 0 Å². The fraction of sp³-hybridized carbons (Fsp3) is 0.250. The van der Waals surface area contributed by atoms with Gasteiger partial charge in [0.05, 0.1) is 19.6 Å². The van der Waals surface area contributed by atoms with E-state index >= 15 is 0 Å². The molecule has 2 rings (SSSR count). The first-order valence-corrected chi connectivity index (χ1v) is 7.08. The Bertz CT molecular complexity index is 802. The van der Waals surface area contributed by atoms with Gasteiger partial charge < -0.3 is 10.1 Å². The van der Waals surface area contributed by atoms with Crippen molar-refractivity contribution in [2.24, 2.45) is 7.05 Å². The number of methoxy groups -OCH3 is 1. The third-order valence-electron chi connectivity index (χ3n) is 3.37. The van der Waals surface area contributed by atoms with Gasteiger partial charge in [-0.25, -0.2) is 9.07 Å². The molecule has 0 saturated carbocycles. The number of amides is 1. The Morgan fingerprint density at radius 3 is 2.50 bits per heavy atom. The van der Waals surface area contributed by atoms with Crippen molar-refractivity contribution < 1.29 is 18.7 Å². The van der Waals surface area contributed by atoms with Crippen LogP contribution in [0.25, 0.3) is 0 Å². The summed E-state index contributed by atoms with van der Waals surface area (Å²) in [5, 5.41) is 6.49. The number of carbonyl (C=O) groups excluding carboxylic acids is 2. The Morgan fingerprint density at radius 2 is 1.92 bits per heavy atom. The van der Waals surface area contributed by atoms with Crippen molar-refractivity contribution >= 4 is 11.9 Å². The molecule has 0 saturated heterocycles. The average molecular weight is 333 g/mol. The van der Waals surface area contributed by atoms with Crippen LogP contribution in [-0.4, -0.2) is 28.8 Å². The number of hydrogen-bond acceptors (Lipinski definition) is 5. The molecule has 0 bridgehead atoms. The maximum Gasteiger partial charge on any atom is 0.307 e. The molecule has 8 heteroatoms. The normalized spacial score (nSPS) is 11.6. The molecule has 1 N–H and O–H groups in total. The van der Waals surface area contributed by atoms with E-state index in [1.54, 1.807) is 0 Å². The number of benzene rings is 1. The van der Waals surface area contributed by atoms with Crippen molar-refractivity contribution in [2.75, 3.05) is 7.11 Å². The summed E-state index contributed by atoms with van der Waals surface area (Å²) in [6, 6.07) is 7.19. The highest BCUT2D eigenvalue weighted by molar-refractivity contribution is 5.92. The molecule has 0 unspecified atom stereocenters. The third kappa shape index (κ3) is 4.25. The molecule has 7 nitrogen and oxygen atoms in total. The number of nitrogens with zero attached hydrogens (tertiary/aromatic N) is 2. The molecule has 1 heterocycles. The largest absolute Gasteiger partial charge is 0.469 e. The van der Waals surface area contributed by atoms with Crippen LogP contribution in [0.2, 0.25) is 0 Å². The molecular formula is C16H16FN3O4. The molecule has 0 aliphatic heterocycles. The molecule has 126 valence electrons. The predicted molar refractivity (Wildman–Crippen MR) is 82.7 cm³/mol. The lowest BCUT2D eigenvalue weighted by molar-refractivity contribution is -0.141. The zero-order valence-corrected chi connectivity index (χ0v) is 13.2. The van der Waals surface area contributed by atoms with Crippen LogP contribution >= 0.6 is 0 Å². The number of ether oxygens (including phenoxy) is 1. The molecule has 2 aromatic rings. The number of aromatic nitrogens is 2. The van der Waals surface area contributed by atoms with Gasteiger partial charge in [0.1, 0.15) is 11.5 Å². The molecule has 0 aliphatic rings. The summed E-state index contributed by atoms with van der Waals surface area (Å²) in [5.74, 6) is -1.52. The first kappa shape index (κ1) is 17.3. The van der Waals surface area contributed by atoms with Crippen LogP contribution in [0.1, 0.15) is 28.5 Å². The maximum atomic E-state index is 13.1. The lowest BCUT2D eigenvalue weighted by Crippen LogP contribution is -2.32. The molecule has 0 aliphatic carbocycles. The van der Waals surface area contributed by atoms with Crippen molar-refractivity contribution in [1.29, 1.82) is 0 Å². The van der Waals surface area contributed by atoms with E-state index in [0.29, 0.717) is 5.56 Å². The van der Waals surface area contributed by atoms with E-state index in [0.717, 1.165) is 4.68 Å². The molecule has 1 amide bonds. The second-order valence-electron chi connectivity index (χ2n) is 5.04. The van der Waals surface area contributed by atoms with Crippen molar-refractivity contribution in [3.8, 4) is 0 Å². The molecule has 0 spiro atoms. The SMILES string of the molecule is COC(=O)C[C@H](NC(=O)c1ccc(=O)n(C)n1)c1ccc(F)cc1. The standard InChI is InChI=1S/C16H16FN3O4/c1-20-14(21)8-7-12(19-20)16(23)18-13(9-15(22)24-2)10-3-5-11(17)6-4-10/h3-8,13H,9H2,1-2H3,(H,18,23)/t13-/m0/s1. The van der Waals surface area contributed by atoms with Gasteiger partial charge in [0.25, 0.3) is 11.5 Å². The molecule has 24 heavy (non-hydrogen) atoms. The van der Waals surface area contributed by atoms with Crippen LogP contribution in [0, 0.1) is 5.82 Å². The highest BCUT2D eigenvalue weighted by Crippen LogP contribution is 2.18. The van der Waals surface area contributed by atoms with Crippen molar-refractivity contribution in [3.05, 3.63) is 63.8 Å². The summed E-state index contributed by atoms with van der Waals surface area (Å²) in [4.78, 5) is 35.2. The van der Waals surface area contributed by atoms with Gasteiger partial charge in [0, 0.05) is 13.1 Å². The van der Waals surface area contributed by atoms with Gasteiger partial charge in [-0.1, -0.05) is 12.1 Å². The molecule has 0 radical (unpaired) electrons. The number of halogens is 1. The van der Waals surface area contributed by atoms with Crippen LogP contribution in [0.5, 0.6) is 0 Å². The highest BCUT2D eigenvalue weighted by atomic mass is 19.1. The Balaban J connectivity index is 2.24. The number of rotatable bonds is 5. The Labute approximate surface area is 137 Å². The number of nitrogens with one attached hydrogen (secondary N) is 1. The fourth-order valence-corrected chi connectivity index (χ4v) is 2.05. The second-order valence-corrected chi connectivity index (χ2v) is 5.04. The summed E-state index contributed by atoms with van der Waals surface area (Å²) in [7, 11) is 2.66. The maximum absolute atomic E-state index is 13.1. The fourth-order valence-electron chi connectivity index (χ4n) is 2.05. The summed E-state index contributed by atoms with van der Waals surface area (Å²) < 4.78 is 18.7. The van der Waals surface area contributed by atoms with Gasteiger partial charge in [-0.3, -0.25) is 14.4 Å². The van der Waals surface area contributed by atoms with Gasteiger partial charge >= 0.3 is 5.97 Å². The third-order valence-corrected chi connectivity index (χ3v) is 3.37. The minimum absolute atomic E-state index is 0.0223. The second kappa shape index (κ2) is 7.49. The van der Waals surface area contributed by atoms with Crippen LogP contribution in [0.15, 0.2) is 41.2 Å². The van der Waals surface area contributed by atoms with Crippen LogP contribution in [0.4, 0.5) is 4.39 Å². The summed E-state index contributed by atoms with van der Waals surface area (Å²) in [6.07, 6.45) is -0.125. The van der Waals surface area contributed by atoms with E-state index in [2.05, 4.69) is 15.2 Å². The first-order valence-electron chi connectivity index (χ1n) is 7.08. The minimum atomic E-state index is -0.718. The summed E-state index contributed by atoms with van der Waals surface area (Å²) in [6.45, 7) is 0. The van der Waals surface area contributed by atoms with Gasteiger partial charge in [-0.15, -0.1) is 0 Å². The number of carbonyl (C=O) groups is 2. The zero-order chi connectivity index (χ0) is 17.7. The summed E-state index contributed by atoms with van der Waals surface area (Å²) >= 11 is 0. The molecule has 1 aromatic carbocycles. The average Bonchev–Trinajstić information content (AvgIpc) is 2.57. The highest BCUT2D eigenvalue weighted by Gasteiger charge is 2.20. The van der Waals surface area contributed by atoms with Crippen LogP contribution < -0.4 is 10.9 Å². The Hall–Kier alpha value is -3.03. The van der Waals surface area contributed by atoms with Crippen molar-refractivity contribution in [1.82, 2.24) is 15.1 Å². The van der Waals surface area contributed by atoms with E-state index in [-0.39, 0.29) is 17.7 Å². The number of aryl methyl sites for hydroxylation is 1. The predicted octanol–water partition coefficient (Wildman–Crippen LogP) is 0.954. The number of esters is 1. The molecular weight excluding hydrogens is 317 g/mol. The topological polar surface area (TPSA) is 90.3 Å². The van der Waals surface area contributed by atoms with Crippen LogP contribution in [0.3, 0.4) is 0 Å². The Morgan fingerprint density at radius 1 is 1.25 bits per heavy atom. The summed E-state index contributed by atoms with van der Waals surface area (Å²) in [5.41, 5.74) is 0.213. The Kier molecular flexibility index (Phi) is 5.41. The van der Waals surface area contributed by atoms with Gasteiger partial charge in [0.2, 0.25) is 0 Å². The zero-order valence-electron chi connectivity index (χ0n) is 13.2. The van der Waals surface area contributed by atoms with Gasteiger partial charge in [0.15, 0.2) is 0 Å². The van der Waals surface area contributed by atoms with E-state index in [1.165, 1.54) is 50.6 Å². The van der Waals surface area contributed by atoms with E-state index in [4.69, 9.17) is 0 Å². The molecule has 1 atom stereocenters. The van der Waals surface area contributed by atoms with Crippen molar-refractivity contribution in [2.45, 2.75) is 12.5 Å². The smallest absolute Gasteiger partial charge is 0.307 e. The van der Waals surface area contributed by atoms with E-state index < -0.39 is 23.7 Å². The van der Waals surface area contributed by atoms with Gasteiger partial charge in [-0.2, -0.15) is 5.10 Å². The first-order chi connectivity index (χ1) is 11.4. The lowest BCUT2D eigenvalue weighted by atomic mass is 10.0. The molecule has 0 fully saturated rings. The molecule has 1 aromatic heterocycles. The van der Waals surface area contributed by atoms with Crippen molar-refractivity contribution in [3.63, 3.8) is 0 Å². The quantitative estimate of drug-likeness (QED) is 0.823. The lowest BCUT2D eigenvalue weighted by Gasteiger charge is -2.18. The number of hydrogen-bond donors (Lipinski definition) is 1.